The molecule has 2 aliphatic rings. The number of benzene rings is 1. The summed E-state index contributed by atoms with van der Waals surface area (Å²) in [5.74, 6) is -0.0761. The van der Waals surface area contributed by atoms with Crippen molar-refractivity contribution in [3.8, 4) is 0 Å². The molecular weight excluding hydrogens is 426 g/mol. The van der Waals surface area contributed by atoms with Crippen LogP contribution in [0.15, 0.2) is 29.3 Å². The van der Waals surface area contributed by atoms with E-state index in [9.17, 15) is 9.18 Å². The van der Waals surface area contributed by atoms with Gasteiger partial charge in [-0.05, 0) is 37.5 Å². The number of ether oxygens (including phenoxy) is 1. The van der Waals surface area contributed by atoms with Gasteiger partial charge >= 0.3 is 0 Å². The molecule has 0 aromatic heterocycles. The normalized spacial score (nSPS) is 25.1. The van der Waals surface area contributed by atoms with Crippen LogP contribution in [0.4, 0.5) is 10.1 Å². The van der Waals surface area contributed by atoms with Gasteiger partial charge in [-0.1, -0.05) is 6.07 Å². The summed E-state index contributed by atoms with van der Waals surface area (Å²) in [5.41, 5.74) is 0.432. The summed E-state index contributed by atoms with van der Waals surface area (Å²) >= 11 is 0. The molecule has 0 radical (unpaired) electrons. The second kappa shape index (κ2) is 8.61. The van der Waals surface area contributed by atoms with Gasteiger partial charge in [-0.2, -0.15) is 0 Å². The molecule has 132 valence electrons. The summed E-state index contributed by atoms with van der Waals surface area (Å²) in [5, 5.41) is 8.90. The molecule has 2 fully saturated rings. The Morgan fingerprint density at radius 1 is 1.42 bits per heavy atom. The van der Waals surface area contributed by atoms with Gasteiger partial charge in [0.25, 0.3) is 0 Å². The van der Waals surface area contributed by atoms with E-state index in [4.69, 9.17) is 4.74 Å². The van der Waals surface area contributed by atoms with Crippen LogP contribution in [0.3, 0.4) is 0 Å². The smallest absolute Gasteiger partial charge is 0.243 e. The second-order valence-corrected chi connectivity index (χ2v) is 5.84. The van der Waals surface area contributed by atoms with E-state index in [-0.39, 0.29) is 54.4 Å². The monoisotopic (exact) mass is 448 g/mol. The predicted octanol–water partition coefficient (Wildman–Crippen LogP) is 1.87. The summed E-state index contributed by atoms with van der Waals surface area (Å²) in [6.07, 6.45) is 3.76. The molecule has 3 N–H and O–H groups in total. The summed E-state index contributed by atoms with van der Waals surface area (Å²) < 4.78 is 18.9. The summed E-state index contributed by atoms with van der Waals surface area (Å²) in [7, 11) is 1.66. The van der Waals surface area contributed by atoms with E-state index in [1.54, 1.807) is 19.2 Å². The minimum absolute atomic E-state index is 0. The zero-order chi connectivity index (χ0) is 16.2. The Hall–Kier alpha value is -1.42. The quantitative estimate of drug-likeness (QED) is 0.374. The number of anilines is 1. The van der Waals surface area contributed by atoms with E-state index < -0.39 is 0 Å². The molecule has 2 heterocycles. The topological polar surface area (TPSA) is 74.8 Å². The molecule has 0 aliphatic carbocycles. The van der Waals surface area contributed by atoms with Gasteiger partial charge in [0, 0.05) is 12.7 Å². The highest BCUT2D eigenvalue weighted by Crippen LogP contribution is 2.34. The van der Waals surface area contributed by atoms with Gasteiger partial charge in [0.1, 0.15) is 5.82 Å². The molecule has 6 nitrogen and oxygen atoms in total. The SMILES string of the molecule is CN=C(NCC(=O)Nc1cccc(F)c1)NC1CC2CCC1O2.I. The number of aliphatic imine (C=N–C) groups is 1. The standard InChI is InChI=1S/C16H21FN4O2.HI/c1-18-16(21-13-8-12-5-6-14(13)23-12)19-9-15(22)20-11-4-2-3-10(17)7-11;/h2-4,7,12-14H,5-6,8-9H2,1H3,(H,20,22)(H2,18,19,21);1H. The van der Waals surface area contributed by atoms with Crippen molar-refractivity contribution in [2.75, 3.05) is 18.9 Å². The van der Waals surface area contributed by atoms with Gasteiger partial charge in [-0.3, -0.25) is 9.79 Å². The minimum Gasteiger partial charge on any atom is -0.373 e. The number of guanidine groups is 1. The van der Waals surface area contributed by atoms with Crippen molar-refractivity contribution in [3.63, 3.8) is 0 Å². The number of fused-ring (bicyclic) bond motifs is 2. The molecule has 1 amide bonds. The van der Waals surface area contributed by atoms with Crippen LogP contribution in [0.2, 0.25) is 0 Å². The summed E-state index contributed by atoms with van der Waals surface area (Å²) in [6.45, 7) is 0.0534. The molecule has 1 aromatic rings. The number of carbonyl (C=O) groups excluding carboxylic acids is 1. The first-order valence-electron chi connectivity index (χ1n) is 7.82. The highest BCUT2D eigenvalue weighted by atomic mass is 127. The number of hydrogen-bond acceptors (Lipinski definition) is 3. The van der Waals surface area contributed by atoms with E-state index in [0.29, 0.717) is 17.8 Å². The Balaban J connectivity index is 0.00000208. The van der Waals surface area contributed by atoms with Crippen molar-refractivity contribution < 1.29 is 13.9 Å². The van der Waals surface area contributed by atoms with Crippen molar-refractivity contribution in [3.05, 3.63) is 30.1 Å². The Labute approximate surface area is 157 Å². The van der Waals surface area contributed by atoms with Crippen LogP contribution >= 0.6 is 24.0 Å². The average molecular weight is 448 g/mol. The maximum absolute atomic E-state index is 13.1. The first-order valence-corrected chi connectivity index (χ1v) is 7.82. The maximum Gasteiger partial charge on any atom is 0.243 e. The molecule has 24 heavy (non-hydrogen) atoms. The lowest BCUT2D eigenvalue weighted by Crippen LogP contribution is -2.49. The zero-order valence-electron chi connectivity index (χ0n) is 13.4. The van der Waals surface area contributed by atoms with Gasteiger partial charge < -0.3 is 20.7 Å². The fraction of sp³-hybridized carbons (Fsp3) is 0.500. The molecule has 3 unspecified atom stereocenters. The van der Waals surface area contributed by atoms with Crippen LogP contribution in [0, 0.1) is 5.82 Å². The molecule has 0 spiro atoms. The lowest BCUT2D eigenvalue weighted by Gasteiger charge is -2.22. The summed E-state index contributed by atoms with van der Waals surface area (Å²) in [6, 6.07) is 6.04. The van der Waals surface area contributed by atoms with E-state index >= 15 is 0 Å². The molecule has 3 atom stereocenters. The second-order valence-electron chi connectivity index (χ2n) is 5.84. The Morgan fingerprint density at radius 2 is 2.25 bits per heavy atom. The van der Waals surface area contributed by atoms with Gasteiger partial charge in [0.15, 0.2) is 5.96 Å². The third kappa shape index (κ3) is 4.79. The number of amides is 1. The van der Waals surface area contributed by atoms with Crippen LogP contribution in [0.5, 0.6) is 0 Å². The highest BCUT2D eigenvalue weighted by molar-refractivity contribution is 14.0. The van der Waals surface area contributed by atoms with Crippen LogP contribution in [0.1, 0.15) is 19.3 Å². The lowest BCUT2D eigenvalue weighted by molar-refractivity contribution is -0.115. The third-order valence-corrected chi connectivity index (χ3v) is 4.18. The largest absolute Gasteiger partial charge is 0.373 e. The molecule has 0 saturated carbocycles. The fourth-order valence-corrected chi connectivity index (χ4v) is 3.10. The van der Waals surface area contributed by atoms with Crippen molar-refractivity contribution in [2.45, 2.75) is 37.5 Å². The van der Waals surface area contributed by atoms with Gasteiger partial charge in [0.05, 0.1) is 24.8 Å². The molecule has 2 aliphatic heterocycles. The molecule has 8 heteroatoms. The van der Waals surface area contributed by atoms with Gasteiger partial charge in [0.2, 0.25) is 5.91 Å². The lowest BCUT2D eigenvalue weighted by atomic mass is 9.96. The van der Waals surface area contributed by atoms with E-state index in [1.807, 2.05) is 0 Å². The number of nitrogens with one attached hydrogen (secondary N) is 3. The van der Waals surface area contributed by atoms with Crippen molar-refractivity contribution >= 4 is 41.5 Å². The van der Waals surface area contributed by atoms with Crippen molar-refractivity contribution in [1.29, 1.82) is 0 Å². The van der Waals surface area contributed by atoms with E-state index in [2.05, 4.69) is 20.9 Å². The first kappa shape index (κ1) is 18.9. The molecule has 1 aromatic carbocycles. The van der Waals surface area contributed by atoms with Crippen LogP contribution < -0.4 is 16.0 Å². The van der Waals surface area contributed by atoms with Crippen molar-refractivity contribution in [1.82, 2.24) is 10.6 Å². The number of halogens is 2. The number of hydrogen-bond donors (Lipinski definition) is 3. The maximum atomic E-state index is 13.1. The van der Waals surface area contributed by atoms with E-state index in [1.165, 1.54) is 12.1 Å². The number of rotatable bonds is 4. The molecule has 2 bridgehead atoms. The zero-order valence-corrected chi connectivity index (χ0v) is 15.8. The first-order chi connectivity index (χ1) is 11.1. The fourth-order valence-electron chi connectivity index (χ4n) is 3.10. The Morgan fingerprint density at radius 3 is 2.88 bits per heavy atom. The van der Waals surface area contributed by atoms with Gasteiger partial charge in [-0.15, -0.1) is 24.0 Å². The van der Waals surface area contributed by atoms with Crippen LogP contribution in [0.25, 0.3) is 0 Å². The minimum atomic E-state index is -0.385. The number of carbonyl (C=O) groups is 1. The van der Waals surface area contributed by atoms with Crippen LogP contribution in [-0.4, -0.2) is 43.7 Å². The van der Waals surface area contributed by atoms with Crippen molar-refractivity contribution in [2.24, 2.45) is 4.99 Å². The molecule has 2 saturated heterocycles. The Bertz CT molecular complexity index is 613. The number of nitrogens with zero attached hydrogens (tertiary/aromatic N) is 1. The molecular formula is C16H22FIN4O2. The van der Waals surface area contributed by atoms with Crippen LogP contribution in [-0.2, 0) is 9.53 Å². The van der Waals surface area contributed by atoms with Gasteiger partial charge in [-0.25, -0.2) is 4.39 Å². The van der Waals surface area contributed by atoms with E-state index in [0.717, 1.165) is 19.3 Å². The average Bonchev–Trinajstić information content (AvgIpc) is 3.14. The Kier molecular flexibility index (Phi) is 6.79. The molecule has 3 rings (SSSR count). The summed E-state index contributed by atoms with van der Waals surface area (Å²) in [4.78, 5) is 16.0. The predicted molar refractivity (Wildman–Crippen MR) is 101 cm³/mol. The highest BCUT2D eigenvalue weighted by Gasteiger charge is 2.41. The third-order valence-electron chi connectivity index (χ3n) is 4.18.